The summed E-state index contributed by atoms with van der Waals surface area (Å²) in [7, 11) is 0. The van der Waals surface area contributed by atoms with Crippen molar-refractivity contribution in [2.45, 2.75) is 373 Å². The number of aliphatic hydroxyl groups excluding tert-OH is 1. The highest BCUT2D eigenvalue weighted by molar-refractivity contribution is 5.76. The average molecular weight is 1050 g/mol. The van der Waals surface area contributed by atoms with Gasteiger partial charge in [-0.1, -0.05) is 259 Å². The van der Waals surface area contributed by atoms with Crippen LogP contribution >= 0.6 is 0 Å². The molecule has 1 fully saturated rings. The molecule has 1 unspecified atom stereocenters. The molecule has 0 aromatic carbocycles. The molecule has 1 heterocycles. The van der Waals surface area contributed by atoms with Crippen LogP contribution in [-0.4, -0.2) is 78.3 Å². The van der Waals surface area contributed by atoms with E-state index in [2.05, 4.69) is 39.5 Å². The number of nitrogens with zero attached hydrogens (tertiary/aromatic N) is 1. The van der Waals surface area contributed by atoms with Gasteiger partial charge in [0.1, 0.15) is 6.04 Å². The Balaban J connectivity index is 2.62. The van der Waals surface area contributed by atoms with Crippen LogP contribution in [0.1, 0.15) is 349 Å². The fourth-order valence-electron chi connectivity index (χ4n) is 11.0. The van der Waals surface area contributed by atoms with Gasteiger partial charge in [-0.25, -0.2) is 0 Å². The Morgan fingerprint density at radius 3 is 1.27 bits per heavy atom. The zero-order valence-corrected chi connectivity index (χ0v) is 50.0. The molecule has 9 nitrogen and oxygen atoms in total. The number of carbonyl (C=O) groups excluding carboxylic acids is 3. The Morgan fingerprint density at radius 2 is 0.811 bits per heavy atom. The van der Waals surface area contributed by atoms with E-state index in [9.17, 15) is 19.5 Å². The topological polar surface area (TPSA) is 112 Å². The Labute approximate surface area is 459 Å². The maximum Gasteiger partial charge on any atom is 0.323 e. The van der Waals surface area contributed by atoms with Crippen molar-refractivity contribution in [1.82, 2.24) is 4.90 Å². The molecule has 1 aliphatic rings. The molecular formula is C65H125NO8. The van der Waals surface area contributed by atoms with Crippen LogP contribution in [0.4, 0.5) is 0 Å². The first-order chi connectivity index (χ1) is 36.2. The molecule has 0 bridgehead atoms. The van der Waals surface area contributed by atoms with Crippen molar-refractivity contribution in [2.75, 3.05) is 26.3 Å². The molecule has 1 saturated heterocycles. The van der Waals surface area contributed by atoms with Crippen LogP contribution in [-0.2, 0) is 33.3 Å². The van der Waals surface area contributed by atoms with Crippen molar-refractivity contribution in [2.24, 2.45) is 0 Å². The Hall–Kier alpha value is -1.71. The summed E-state index contributed by atoms with van der Waals surface area (Å²) >= 11 is 0. The second-order valence-electron chi connectivity index (χ2n) is 23.1. The molecular weight excluding hydrogens is 923 g/mol. The number of hydrogen-bond acceptors (Lipinski definition) is 9. The first-order valence-electron chi connectivity index (χ1n) is 32.9. The van der Waals surface area contributed by atoms with E-state index < -0.39 is 17.9 Å². The van der Waals surface area contributed by atoms with Crippen molar-refractivity contribution in [3.8, 4) is 0 Å². The number of aliphatic hydroxyl groups is 1. The van der Waals surface area contributed by atoms with E-state index in [0.29, 0.717) is 39.0 Å². The quantitative estimate of drug-likeness (QED) is 0.0275. The van der Waals surface area contributed by atoms with Crippen LogP contribution in [0, 0.1) is 0 Å². The van der Waals surface area contributed by atoms with E-state index in [4.69, 9.17) is 18.9 Å². The van der Waals surface area contributed by atoms with Crippen molar-refractivity contribution < 1.29 is 38.4 Å². The average Bonchev–Trinajstić information content (AvgIpc) is 3.77. The van der Waals surface area contributed by atoms with Crippen LogP contribution < -0.4 is 0 Å². The predicted molar refractivity (Wildman–Crippen MR) is 312 cm³/mol. The normalized spacial score (nSPS) is 15.1. The molecule has 1 aliphatic heterocycles. The molecule has 0 radical (unpaired) electrons. The number of likely N-dealkylation sites (tertiary alicyclic amines) is 1. The predicted octanol–water partition coefficient (Wildman–Crippen LogP) is 19.0. The van der Waals surface area contributed by atoms with E-state index in [0.717, 1.165) is 129 Å². The molecule has 0 aromatic heterocycles. The molecule has 438 valence electrons. The number of carbonyl (C=O) groups is 3. The Bertz CT molecular complexity index is 1210. The van der Waals surface area contributed by atoms with Crippen LogP contribution in [0.15, 0.2) is 0 Å². The molecule has 1 rings (SSSR count). The van der Waals surface area contributed by atoms with Gasteiger partial charge in [-0.05, 0) is 64.3 Å². The smallest absolute Gasteiger partial charge is 0.323 e. The van der Waals surface area contributed by atoms with Crippen LogP contribution in [0.25, 0.3) is 0 Å². The first-order valence-corrected chi connectivity index (χ1v) is 32.9. The van der Waals surface area contributed by atoms with E-state index >= 15 is 0 Å². The number of β-amino-alcohol motifs (C(OH)–C–C–N with tert-alkyl or cyclic N) is 1. The number of hydrogen-bond donors (Lipinski definition) is 1. The van der Waals surface area contributed by atoms with Crippen molar-refractivity contribution >= 4 is 17.9 Å². The summed E-state index contributed by atoms with van der Waals surface area (Å²) in [6.45, 7) is 13.5. The molecule has 1 N–H and O–H groups in total. The van der Waals surface area contributed by atoms with Gasteiger partial charge in [0.25, 0.3) is 0 Å². The molecule has 0 amide bonds. The van der Waals surface area contributed by atoms with Crippen LogP contribution in [0.2, 0.25) is 0 Å². The van der Waals surface area contributed by atoms with Crippen LogP contribution in [0.5, 0.6) is 0 Å². The maximum absolute atomic E-state index is 13.9. The van der Waals surface area contributed by atoms with Gasteiger partial charge >= 0.3 is 17.9 Å². The number of rotatable bonds is 57. The summed E-state index contributed by atoms with van der Waals surface area (Å²) in [5, 5.41) is 10.5. The molecule has 0 aromatic rings. The molecule has 0 spiro atoms. The molecule has 0 aliphatic carbocycles. The van der Waals surface area contributed by atoms with E-state index in [1.54, 1.807) is 0 Å². The number of ether oxygens (including phenoxy) is 4. The summed E-state index contributed by atoms with van der Waals surface area (Å²) in [5.41, 5.74) is 0. The molecule has 9 heteroatoms. The minimum Gasteiger partial charge on any atom is -0.466 e. The SMILES string of the molecule is CCCCCCCCCCCOC(=O)CCCCCCN1CC(O)C[C@H]1C(=O)OCCCCCCCC(=O)OC(CCCCCCCC)(CCCCCCCC)OC(CCCCCCCC)CCCCCCCC. The second kappa shape index (κ2) is 52.0. The fraction of sp³-hybridized carbons (Fsp3) is 0.954. The maximum atomic E-state index is 13.9. The van der Waals surface area contributed by atoms with Crippen molar-refractivity contribution in [3.63, 3.8) is 0 Å². The standard InChI is InChI=1S/C65H125NO8/c1-6-11-16-21-26-27-28-37-46-55-71-62(68)50-41-33-36-45-54-66-58-59(67)57-61(66)64(70)72-56-47-38-29-32-42-51-63(69)74-65(52-43-34-24-19-14-9-4,53-44-35-25-20-15-10-5)73-60(48-39-30-22-17-12-7-2)49-40-31-23-18-13-8-3/h59-61,67H,6-58H2,1-5H3/t59?,61-/m0/s1. The summed E-state index contributed by atoms with van der Waals surface area (Å²) in [4.78, 5) is 41.4. The first kappa shape index (κ1) is 70.3. The highest BCUT2D eigenvalue weighted by Crippen LogP contribution is 2.34. The van der Waals surface area contributed by atoms with E-state index in [-0.39, 0.29) is 24.0 Å². The monoisotopic (exact) mass is 1050 g/mol. The van der Waals surface area contributed by atoms with Crippen molar-refractivity contribution in [3.05, 3.63) is 0 Å². The lowest BCUT2D eigenvalue weighted by molar-refractivity contribution is -0.259. The Kier molecular flexibility index (Phi) is 49.4. The molecule has 2 atom stereocenters. The minimum absolute atomic E-state index is 0.0873. The fourth-order valence-corrected chi connectivity index (χ4v) is 11.0. The third-order valence-electron chi connectivity index (χ3n) is 15.8. The van der Waals surface area contributed by atoms with Gasteiger partial charge < -0.3 is 24.1 Å². The largest absolute Gasteiger partial charge is 0.466 e. The number of esters is 3. The van der Waals surface area contributed by atoms with Crippen LogP contribution in [0.3, 0.4) is 0 Å². The third-order valence-corrected chi connectivity index (χ3v) is 15.8. The number of unbranched alkanes of at least 4 members (excludes halogenated alkanes) is 35. The van der Waals surface area contributed by atoms with E-state index in [1.165, 1.54) is 173 Å². The van der Waals surface area contributed by atoms with Gasteiger partial charge in [-0.2, -0.15) is 0 Å². The van der Waals surface area contributed by atoms with Gasteiger partial charge in [0.2, 0.25) is 5.79 Å². The minimum atomic E-state index is -0.834. The highest BCUT2D eigenvalue weighted by atomic mass is 16.7. The van der Waals surface area contributed by atoms with Crippen molar-refractivity contribution in [1.29, 1.82) is 0 Å². The molecule has 0 saturated carbocycles. The van der Waals surface area contributed by atoms with E-state index in [1.807, 2.05) is 0 Å². The second-order valence-corrected chi connectivity index (χ2v) is 23.1. The van der Waals surface area contributed by atoms with Gasteiger partial charge in [-0.3, -0.25) is 19.3 Å². The summed E-state index contributed by atoms with van der Waals surface area (Å²) in [5.74, 6) is -1.25. The van der Waals surface area contributed by atoms with Gasteiger partial charge in [-0.15, -0.1) is 0 Å². The van der Waals surface area contributed by atoms with Gasteiger partial charge in [0, 0.05) is 38.6 Å². The van der Waals surface area contributed by atoms with Gasteiger partial charge in [0.05, 0.1) is 25.4 Å². The summed E-state index contributed by atoms with van der Waals surface area (Å²) in [6.07, 6.45) is 53.8. The zero-order valence-electron chi connectivity index (χ0n) is 50.0. The summed E-state index contributed by atoms with van der Waals surface area (Å²) < 4.78 is 25.2. The Morgan fingerprint density at radius 1 is 0.446 bits per heavy atom. The lowest BCUT2D eigenvalue weighted by atomic mass is 9.97. The lowest BCUT2D eigenvalue weighted by Gasteiger charge is -2.37. The zero-order chi connectivity index (χ0) is 53.8. The third kappa shape index (κ3) is 41.4. The van der Waals surface area contributed by atoms with Gasteiger partial charge in [0.15, 0.2) is 0 Å². The lowest BCUT2D eigenvalue weighted by Crippen LogP contribution is -2.42. The molecule has 74 heavy (non-hydrogen) atoms. The summed E-state index contributed by atoms with van der Waals surface area (Å²) in [6, 6.07) is -0.397. The highest BCUT2D eigenvalue weighted by Gasteiger charge is 2.38.